The Bertz CT molecular complexity index is 1500. The van der Waals surface area contributed by atoms with E-state index in [0.29, 0.717) is 30.4 Å². The van der Waals surface area contributed by atoms with E-state index >= 15 is 0 Å². The molecule has 1 saturated heterocycles. The van der Waals surface area contributed by atoms with Crippen LogP contribution in [0.15, 0.2) is 41.1 Å². The zero-order valence-electron chi connectivity index (χ0n) is 20.2. The lowest BCUT2D eigenvalue weighted by Gasteiger charge is -2.27. The largest absolute Gasteiger partial charge is 0.353 e. The summed E-state index contributed by atoms with van der Waals surface area (Å²) in [6.07, 6.45) is 1.72. The van der Waals surface area contributed by atoms with Crippen LogP contribution in [-0.4, -0.2) is 64.2 Å². The normalized spacial score (nSPS) is 16.4. The molecule has 0 bridgehead atoms. The fourth-order valence-electron chi connectivity index (χ4n) is 4.18. The van der Waals surface area contributed by atoms with Crippen molar-refractivity contribution >= 4 is 32.6 Å². The van der Waals surface area contributed by atoms with Gasteiger partial charge in [0.15, 0.2) is 27.1 Å². The van der Waals surface area contributed by atoms with Gasteiger partial charge in [0.25, 0.3) is 0 Å². The number of H-pyrrole nitrogens is 1. The van der Waals surface area contributed by atoms with Crippen LogP contribution >= 0.6 is 0 Å². The smallest absolute Gasteiger partial charge is 0.315 e. The predicted octanol–water partition coefficient (Wildman–Crippen LogP) is 2.86. The fourth-order valence-corrected chi connectivity index (χ4v) is 5.38. The molecule has 0 saturated carbocycles. The summed E-state index contributed by atoms with van der Waals surface area (Å²) in [7, 11) is -3.00. The molecule has 11 nitrogen and oxygen atoms in total. The van der Waals surface area contributed by atoms with E-state index in [-0.39, 0.29) is 29.4 Å². The molecular weight excluding hydrogens is 482 g/mol. The topological polar surface area (TPSA) is 147 Å². The van der Waals surface area contributed by atoms with Crippen molar-refractivity contribution in [1.29, 1.82) is 0 Å². The number of carbonyl (C=O) groups is 1. The van der Waals surface area contributed by atoms with E-state index in [1.54, 1.807) is 6.20 Å². The van der Waals surface area contributed by atoms with Gasteiger partial charge in [-0.2, -0.15) is 10.1 Å². The Kier molecular flexibility index (Phi) is 6.20. The number of fused-ring (bicyclic) bond motifs is 1. The first-order valence-electron chi connectivity index (χ1n) is 11.7. The summed E-state index contributed by atoms with van der Waals surface area (Å²) in [5, 5.41) is 15.0. The van der Waals surface area contributed by atoms with E-state index in [4.69, 9.17) is 4.52 Å². The van der Waals surface area contributed by atoms with E-state index < -0.39 is 15.7 Å². The van der Waals surface area contributed by atoms with Crippen molar-refractivity contribution in [2.45, 2.75) is 32.7 Å². The summed E-state index contributed by atoms with van der Waals surface area (Å²) in [6.45, 7) is 6.53. The maximum Gasteiger partial charge on any atom is 0.315 e. The first kappa shape index (κ1) is 23.9. The summed E-state index contributed by atoms with van der Waals surface area (Å²) < 4.78 is 28.8. The summed E-state index contributed by atoms with van der Waals surface area (Å²) in [4.78, 5) is 23.1. The van der Waals surface area contributed by atoms with E-state index in [1.165, 1.54) is 0 Å². The van der Waals surface area contributed by atoms with Crippen molar-refractivity contribution in [3.63, 3.8) is 0 Å². The molecule has 0 aliphatic carbocycles. The summed E-state index contributed by atoms with van der Waals surface area (Å²) in [6, 6.07) is 9.50. The molecule has 12 heteroatoms. The van der Waals surface area contributed by atoms with E-state index in [9.17, 15) is 13.2 Å². The molecule has 5 rings (SSSR count). The molecule has 4 heterocycles. The Morgan fingerprint density at radius 1 is 1.11 bits per heavy atom. The third-order valence-electron chi connectivity index (χ3n) is 6.31. The van der Waals surface area contributed by atoms with Crippen molar-refractivity contribution in [1.82, 2.24) is 30.6 Å². The van der Waals surface area contributed by atoms with Crippen LogP contribution < -0.4 is 10.2 Å². The molecule has 0 spiro atoms. The van der Waals surface area contributed by atoms with E-state index in [2.05, 4.69) is 30.6 Å². The molecule has 4 aromatic rings. The number of hydrogen-bond donors (Lipinski definition) is 2. The van der Waals surface area contributed by atoms with E-state index in [1.807, 2.05) is 56.0 Å². The highest BCUT2D eigenvalue weighted by Gasteiger charge is 2.26. The van der Waals surface area contributed by atoms with Gasteiger partial charge in [-0.25, -0.2) is 13.4 Å². The number of rotatable bonds is 6. The van der Waals surface area contributed by atoms with Gasteiger partial charge in [-0.15, -0.1) is 0 Å². The molecule has 188 valence electrons. The van der Waals surface area contributed by atoms with Crippen LogP contribution in [0, 0.1) is 0 Å². The number of sulfone groups is 1. The SMILES string of the molecule is CC(C)c1noc(C(=O)NC(C)c2ccc(-c3ccnc4[nH]nc(N5CCS(=O)(=O)CC5)c34)cc2)n1. The lowest BCUT2D eigenvalue weighted by Crippen LogP contribution is -2.40. The Morgan fingerprint density at radius 3 is 2.50 bits per heavy atom. The van der Waals surface area contributed by atoms with Gasteiger partial charge in [0.2, 0.25) is 0 Å². The van der Waals surface area contributed by atoms with Crippen LogP contribution in [0.3, 0.4) is 0 Å². The standard InChI is InChI=1S/C24H27N7O4S/c1-14(2)20-27-24(35-30-20)23(32)26-15(3)16-4-6-17(7-5-16)18-8-9-25-21-19(18)22(29-28-21)31-10-12-36(33,34)13-11-31/h4-9,14-15H,10-13H2,1-3H3,(H,26,32)(H,25,28,29). The van der Waals surface area contributed by atoms with Gasteiger partial charge in [0.05, 0.1) is 22.9 Å². The lowest BCUT2D eigenvalue weighted by molar-refractivity contribution is 0.0895. The fraction of sp³-hybridized carbons (Fsp3) is 0.375. The van der Waals surface area contributed by atoms with Crippen molar-refractivity contribution in [2.24, 2.45) is 0 Å². The highest BCUT2D eigenvalue weighted by molar-refractivity contribution is 7.91. The number of aromatic amines is 1. The monoisotopic (exact) mass is 509 g/mol. The molecule has 1 atom stereocenters. The Hall–Kier alpha value is -3.80. The maximum absolute atomic E-state index is 12.5. The predicted molar refractivity (Wildman–Crippen MR) is 134 cm³/mol. The van der Waals surface area contributed by atoms with Gasteiger partial charge < -0.3 is 14.7 Å². The molecule has 1 aliphatic rings. The zero-order valence-corrected chi connectivity index (χ0v) is 21.0. The Balaban J connectivity index is 1.37. The minimum absolute atomic E-state index is 0.0562. The molecule has 1 aliphatic heterocycles. The van der Waals surface area contributed by atoms with Crippen molar-refractivity contribution in [2.75, 3.05) is 29.5 Å². The number of hydrogen-bond acceptors (Lipinski definition) is 9. The number of anilines is 1. The van der Waals surface area contributed by atoms with Crippen LogP contribution in [0.5, 0.6) is 0 Å². The van der Waals surface area contributed by atoms with Crippen LogP contribution in [0.25, 0.3) is 22.2 Å². The summed E-state index contributed by atoms with van der Waals surface area (Å²) in [5.74, 6) is 1.000. The third kappa shape index (κ3) is 4.68. The number of amides is 1. The van der Waals surface area contributed by atoms with Gasteiger partial charge >= 0.3 is 11.8 Å². The van der Waals surface area contributed by atoms with Crippen LogP contribution in [0.1, 0.15) is 54.8 Å². The molecular formula is C24H27N7O4S. The molecule has 1 amide bonds. The van der Waals surface area contributed by atoms with Gasteiger partial charge in [0, 0.05) is 25.2 Å². The summed E-state index contributed by atoms with van der Waals surface area (Å²) >= 11 is 0. The second-order valence-electron chi connectivity index (χ2n) is 9.20. The molecule has 36 heavy (non-hydrogen) atoms. The average molecular weight is 510 g/mol. The second-order valence-corrected chi connectivity index (χ2v) is 11.5. The van der Waals surface area contributed by atoms with Gasteiger partial charge in [-0.1, -0.05) is 43.3 Å². The minimum atomic E-state index is -3.00. The molecule has 1 aromatic carbocycles. The van der Waals surface area contributed by atoms with E-state index in [0.717, 1.165) is 22.1 Å². The molecule has 1 unspecified atom stereocenters. The third-order valence-corrected chi connectivity index (χ3v) is 7.92. The Labute approximate surface area is 208 Å². The van der Waals surface area contributed by atoms with Crippen molar-refractivity contribution in [3.05, 3.63) is 53.8 Å². The number of carbonyl (C=O) groups excluding carboxylic acids is 1. The Morgan fingerprint density at radius 2 is 1.83 bits per heavy atom. The first-order chi connectivity index (χ1) is 17.2. The quantitative estimate of drug-likeness (QED) is 0.400. The van der Waals surface area contributed by atoms with Crippen LogP contribution in [-0.2, 0) is 9.84 Å². The molecule has 0 radical (unpaired) electrons. The first-order valence-corrected chi connectivity index (χ1v) is 13.6. The van der Waals surface area contributed by atoms with Crippen molar-refractivity contribution < 1.29 is 17.7 Å². The van der Waals surface area contributed by atoms with Gasteiger partial charge in [-0.3, -0.25) is 9.89 Å². The highest BCUT2D eigenvalue weighted by Crippen LogP contribution is 2.34. The minimum Gasteiger partial charge on any atom is -0.353 e. The van der Waals surface area contributed by atoms with Gasteiger partial charge in [0.1, 0.15) is 0 Å². The number of nitrogens with zero attached hydrogens (tertiary/aromatic N) is 5. The zero-order chi connectivity index (χ0) is 25.4. The lowest BCUT2D eigenvalue weighted by atomic mass is 9.99. The maximum atomic E-state index is 12.5. The number of nitrogens with one attached hydrogen (secondary N) is 2. The number of aromatic nitrogens is 5. The number of pyridine rings is 1. The average Bonchev–Trinajstić information content (AvgIpc) is 3.52. The van der Waals surface area contributed by atoms with Crippen molar-refractivity contribution in [3.8, 4) is 11.1 Å². The van der Waals surface area contributed by atoms with Crippen LogP contribution in [0.4, 0.5) is 5.82 Å². The number of benzene rings is 1. The second kappa shape index (κ2) is 9.34. The highest BCUT2D eigenvalue weighted by atomic mass is 32.2. The summed E-state index contributed by atoms with van der Waals surface area (Å²) in [5.41, 5.74) is 3.44. The van der Waals surface area contributed by atoms with Gasteiger partial charge in [-0.05, 0) is 29.7 Å². The molecule has 1 fully saturated rings. The molecule has 3 aromatic heterocycles. The van der Waals surface area contributed by atoms with Crippen LogP contribution in [0.2, 0.25) is 0 Å². The molecule has 2 N–H and O–H groups in total.